The quantitative estimate of drug-likeness (QED) is 0.0215. The van der Waals surface area contributed by atoms with Crippen molar-refractivity contribution in [3.8, 4) is 12.1 Å². The number of benzene rings is 4. The minimum absolute atomic E-state index is 0.0195. The number of anilines is 11. The van der Waals surface area contributed by atoms with Gasteiger partial charge in [-0.15, -0.1) is 0 Å². The first kappa shape index (κ1) is 98.1. The van der Waals surface area contributed by atoms with E-state index < -0.39 is 167 Å². The van der Waals surface area contributed by atoms with Crippen molar-refractivity contribution in [3.05, 3.63) is 194 Å². The number of hydrogen-bond donors (Lipinski definition) is 14. The van der Waals surface area contributed by atoms with E-state index in [1.54, 1.807) is 84.0 Å². The first-order valence-corrected chi connectivity index (χ1v) is 40.1. The molecule has 26 nitrogen and oxygen atoms in total. The fourth-order valence-electron chi connectivity index (χ4n) is 13.5. The van der Waals surface area contributed by atoms with Gasteiger partial charge in [0.05, 0.1) is 34.3 Å². The number of nitriles is 2. The van der Waals surface area contributed by atoms with Gasteiger partial charge in [0, 0.05) is 60.5 Å². The Labute approximate surface area is 720 Å². The molecule has 0 saturated heterocycles. The number of pyridine rings is 4. The first-order valence-electron chi connectivity index (χ1n) is 39.7. The van der Waals surface area contributed by atoms with Gasteiger partial charge < -0.3 is 86.0 Å². The van der Waals surface area contributed by atoms with E-state index in [0.29, 0.717) is 42.7 Å². The van der Waals surface area contributed by atoms with E-state index >= 15 is 0 Å². The molecule has 4 aromatic carbocycles. The van der Waals surface area contributed by atoms with Crippen LogP contribution >= 0.6 is 11.6 Å². The molecule has 8 aromatic rings. The molecule has 39 heteroatoms. The minimum atomic E-state index is -3.25. The molecule has 0 radical (unpaired) electrons. The molecule has 4 saturated carbocycles. The summed E-state index contributed by atoms with van der Waals surface area (Å²) >= 11 is 5.77. The number of aromatic nitrogens is 4. The zero-order valence-corrected chi connectivity index (χ0v) is 70.8. The molecule has 4 aromatic heterocycles. The van der Waals surface area contributed by atoms with E-state index in [-0.39, 0.29) is 83.4 Å². The summed E-state index contributed by atoms with van der Waals surface area (Å²) in [5, 5.41) is 41.2. The van der Waals surface area contributed by atoms with Crippen molar-refractivity contribution in [2.24, 2.45) is 22.9 Å². The third kappa shape index (κ3) is 28.4. The smallest absolute Gasteiger partial charge is 0.407 e. The molecule has 0 unspecified atom stereocenters. The Bertz CT molecular complexity index is 4990. The highest BCUT2D eigenvalue weighted by molar-refractivity contribution is 6.30. The van der Waals surface area contributed by atoms with Gasteiger partial charge in [-0.1, -0.05) is 82.4 Å². The highest BCUT2D eigenvalue weighted by atomic mass is 35.5. The highest BCUT2D eigenvalue weighted by Gasteiger charge is 2.52. The molecule has 4 aliphatic carbocycles. The van der Waals surface area contributed by atoms with Crippen LogP contribution in [0.15, 0.2) is 121 Å². The summed E-state index contributed by atoms with van der Waals surface area (Å²) in [6.07, 6.45) is -0.992. The van der Waals surface area contributed by atoms with Gasteiger partial charge in [0.2, 0.25) is 0 Å². The van der Waals surface area contributed by atoms with Crippen LogP contribution in [-0.4, -0.2) is 127 Å². The van der Waals surface area contributed by atoms with Crippen molar-refractivity contribution in [3.63, 3.8) is 0 Å². The topological polar surface area (TPSA) is 424 Å². The minimum Gasteiger partial charge on any atom is -0.444 e. The number of carbonyl (C=O) groups excluding carboxylic acids is 4. The number of hydrogen-bond acceptors (Lipinski definition) is 22. The summed E-state index contributed by atoms with van der Waals surface area (Å²) in [6.45, 7) is 17.7. The standard InChI is InChI=1S/C24H28F3N5O2.2C19H22F3N5O.C17H20ClF3N4O2.C7H9N/c1-14-7-9-16(10-8-14)29-20-15(13-28)12-17(25)21(32-20)31-19-18(6-5-11-24(19,26)27)30-22(33)34-23(2,3)4;2*1-10-4-6-11(7-5-10)25-17-12(16(24)28)9-13(20)18(27-17)26-15-14(23)3-2-8-19(15,21)22;1-16(2,3)27-15(26)23-11-5-4-6-17(20,21)12(11)24-14-10(19)7-9(8-22)13(18)25-14;1-6-2-4-7(8)5-3-6/h7-10,12,18-19H,5-6,11H2,1-4H3,(H,30,33)(H2,29,31,32);2*4-7,9,14-15H,2-3,8,23H2,1H3,(H2,24,28)(H2,25,26,27);7,11-12H,4-6H2,1-3H3,(H,23,26)(H,24,25);2-5H,8H2,1H3/t18-,19-;2*14-,15-;11-,12-;/m0000./s1. The summed E-state index contributed by atoms with van der Waals surface area (Å²) in [6, 6.07) is 26.3. The summed E-state index contributed by atoms with van der Waals surface area (Å²) in [4.78, 5) is 63.4. The van der Waals surface area contributed by atoms with Gasteiger partial charge in [-0.3, -0.25) is 9.59 Å². The molecule has 0 bridgehead atoms. The molecule has 4 heterocycles. The molecule has 0 spiro atoms. The molecule has 19 N–H and O–H groups in total. The van der Waals surface area contributed by atoms with Crippen LogP contribution in [0.1, 0.15) is 173 Å². The van der Waals surface area contributed by atoms with E-state index in [4.69, 9.17) is 55.0 Å². The van der Waals surface area contributed by atoms with Gasteiger partial charge in [-0.2, -0.15) is 10.5 Å². The van der Waals surface area contributed by atoms with Crippen LogP contribution in [0.5, 0.6) is 0 Å². The number of ether oxygens (including phenoxy) is 2. The normalized spacial score (nSPS) is 20.1. The van der Waals surface area contributed by atoms with Gasteiger partial charge >= 0.3 is 12.2 Å². The SMILES string of the molecule is CC(C)(C)OC(=O)N[C@H]1CCCC(F)(F)[C@H]1Nc1nc(Cl)c(C#N)cc1F.Cc1ccc(N)cc1.Cc1ccc(Nc2nc(N[C@H]3[C@@H](N)CCCC3(F)F)c(F)cc2C(N)=O)cc1.Cc1ccc(Nc2nc(N[C@H]3[C@@H](N)CCCC3(F)F)c(F)cc2C(N)=O)cc1.Cc1ccc(Nc2nc(N[C@H]3[C@@H](NC(=O)OC(C)(C)C)CCCC3(F)F)c(F)cc2C#N)cc1. The van der Waals surface area contributed by atoms with Crippen molar-refractivity contribution in [2.75, 3.05) is 43.0 Å². The van der Waals surface area contributed by atoms with Crippen molar-refractivity contribution < 1.29 is 81.3 Å². The van der Waals surface area contributed by atoms with Gasteiger partial charge in [0.25, 0.3) is 35.5 Å². The zero-order chi connectivity index (χ0) is 92.4. The molecule has 125 heavy (non-hydrogen) atoms. The Hall–Kier alpha value is -12.3. The monoisotopic (exact) mass is 1770 g/mol. The number of aryl methyl sites for hydroxylation is 4. The van der Waals surface area contributed by atoms with Crippen LogP contribution in [0.2, 0.25) is 5.15 Å². The first-order chi connectivity index (χ1) is 58.4. The Balaban J connectivity index is 0.000000201. The number of alkyl halides is 8. The van der Waals surface area contributed by atoms with Crippen LogP contribution in [0.4, 0.5) is 126 Å². The van der Waals surface area contributed by atoms with Crippen LogP contribution in [0.25, 0.3) is 0 Å². The van der Waals surface area contributed by atoms with Crippen LogP contribution in [0, 0.1) is 73.6 Å². The number of nitrogens with two attached hydrogens (primary N) is 5. The molecule has 4 amide bonds. The summed E-state index contributed by atoms with van der Waals surface area (Å²) in [7, 11) is 0. The van der Waals surface area contributed by atoms with Crippen molar-refractivity contribution in [1.82, 2.24) is 30.6 Å². The van der Waals surface area contributed by atoms with Crippen molar-refractivity contribution in [1.29, 1.82) is 10.5 Å². The van der Waals surface area contributed by atoms with E-state index in [9.17, 15) is 77.1 Å². The summed E-state index contributed by atoms with van der Waals surface area (Å²) in [5.74, 6) is -20.2. The number of rotatable bonds is 18. The number of amides is 4. The second-order valence-electron chi connectivity index (χ2n) is 32.6. The predicted octanol–water partition coefficient (Wildman–Crippen LogP) is 18.1. The Kier molecular flexibility index (Phi) is 32.9. The lowest BCUT2D eigenvalue weighted by Crippen LogP contribution is -2.58. The maximum atomic E-state index is 14.9. The number of nitrogen functional groups attached to an aromatic ring is 1. The number of halogens is 13. The van der Waals surface area contributed by atoms with E-state index in [0.717, 1.165) is 46.6 Å². The average Bonchev–Trinajstić information content (AvgIpc) is 0.804. The fourth-order valence-corrected chi connectivity index (χ4v) is 13.7. The Morgan fingerprint density at radius 3 is 1.02 bits per heavy atom. The Morgan fingerprint density at radius 2 is 0.704 bits per heavy atom. The zero-order valence-electron chi connectivity index (χ0n) is 70.1. The van der Waals surface area contributed by atoms with Gasteiger partial charge in [-0.05, 0) is 193 Å². The number of nitrogens with one attached hydrogen (secondary N) is 9. The summed E-state index contributed by atoms with van der Waals surface area (Å²) in [5.41, 5.74) is 32.3. The second-order valence-corrected chi connectivity index (χ2v) is 32.9. The molecule has 4 fully saturated rings. The lowest BCUT2D eigenvalue weighted by molar-refractivity contribution is -0.0571. The fraction of sp³-hybridized carbons (Fsp3) is 0.419. The largest absolute Gasteiger partial charge is 0.444 e. The molecule has 8 atom stereocenters. The predicted molar refractivity (Wildman–Crippen MR) is 454 cm³/mol. The van der Waals surface area contributed by atoms with Crippen LogP contribution in [0.3, 0.4) is 0 Å². The molecule has 12 rings (SSSR count). The van der Waals surface area contributed by atoms with Gasteiger partial charge in [0.1, 0.15) is 64.3 Å². The maximum absolute atomic E-state index is 14.9. The second kappa shape index (κ2) is 41.9. The maximum Gasteiger partial charge on any atom is 0.407 e. The van der Waals surface area contributed by atoms with Gasteiger partial charge in [0.15, 0.2) is 52.4 Å². The average molecular weight is 1770 g/mol. The van der Waals surface area contributed by atoms with Gasteiger partial charge in [-0.25, -0.2) is 82.2 Å². The number of carbonyl (C=O) groups is 4. The van der Waals surface area contributed by atoms with E-state index in [2.05, 4.69) is 67.8 Å². The Morgan fingerprint density at radius 1 is 0.424 bits per heavy atom. The summed E-state index contributed by atoms with van der Waals surface area (Å²) < 4.78 is 184. The lowest BCUT2D eigenvalue weighted by atomic mass is 9.87. The lowest BCUT2D eigenvalue weighted by Gasteiger charge is -2.39. The number of nitrogens with zero attached hydrogens (tertiary/aromatic N) is 6. The molecular formula is C86H101ClF12N20O6. The number of alkyl carbamates (subject to hydrolysis) is 2. The third-order valence-corrected chi connectivity index (χ3v) is 20.1. The molecule has 0 aliphatic heterocycles. The van der Waals surface area contributed by atoms with Crippen molar-refractivity contribution >= 4 is 99.1 Å². The third-order valence-electron chi connectivity index (χ3n) is 19.8. The molecule has 672 valence electrons. The highest BCUT2D eigenvalue weighted by Crippen LogP contribution is 2.42. The van der Waals surface area contributed by atoms with Crippen LogP contribution in [-0.2, 0) is 9.47 Å². The van der Waals surface area contributed by atoms with Crippen LogP contribution < -0.4 is 76.5 Å². The van der Waals surface area contributed by atoms with Crippen molar-refractivity contribution in [2.45, 2.75) is 230 Å². The van der Waals surface area contributed by atoms with E-state index in [1.807, 2.05) is 94.4 Å². The molecule has 4 aliphatic rings. The van der Waals surface area contributed by atoms with E-state index in [1.165, 1.54) is 5.56 Å². The number of primary amides is 2. The molecular weight excluding hydrogens is 1670 g/mol.